The van der Waals surface area contributed by atoms with Gasteiger partial charge in [-0.15, -0.1) is 0 Å². The molecule has 0 aliphatic heterocycles. The molecular weight excluding hydrogens is 368 g/mol. The molecule has 0 spiro atoms. The van der Waals surface area contributed by atoms with Gasteiger partial charge in [-0.2, -0.15) is 0 Å². The number of hydrogen-bond acceptors (Lipinski definition) is 6. The number of amides is 1. The average molecular weight is 386 g/mol. The van der Waals surface area contributed by atoms with E-state index in [9.17, 15) is 19.5 Å². The van der Waals surface area contributed by atoms with E-state index in [4.69, 9.17) is 4.74 Å². The van der Waals surface area contributed by atoms with E-state index in [0.717, 1.165) is 22.5 Å². The number of benzene rings is 2. The Morgan fingerprint density at radius 3 is 2.74 bits per heavy atom. The smallest absolute Gasteiger partial charge is 0.410 e. The second kappa shape index (κ2) is 8.50. The molecule has 2 N–H and O–H groups in total. The first-order valence-corrected chi connectivity index (χ1v) is 9.13. The summed E-state index contributed by atoms with van der Waals surface area (Å²) in [4.78, 5) is 38.5. The van der Waals surface area contributed by atoms with Gasteiger partial charge < -0.3 is 24.5 Å². The van der Waals surface area contributed by atoms with Crippen LogP contribution in [0.15, 0.2) is 47.3 Å². The van der Waals surface area contributed by atoms with Crippen LogP contribution in [0.1, 0.15) is 11.1 Å². The highest BCUT2D eigenvalue weighted by Crippen LogP contribution is 2.28. The van der Waals surface area contributed by atoms with Crippen molar-refractivity contribution in [2.24, 2.45) is 0 Å². The maximum atomic E-state index is 12.3. The number of aromatic nitrogens is 1. The van der Waals surface area contributed by atoms with Gasteiger partial charge in [0.2, 0.25) is 0 Å². The van der Waals surface area contributed by atoms with Crippen molar-refractivity contribution in [3.05, 3.63) is 63.3 Å². The fraction of sp³-hybridized carbons (Fsp3) is 0.211. The maximum Gasteiger partial charge on any atom is 0.410 e. The summed E-state index contributed by atoms with van der Waals surface area (Å²) < 4.78 is 5.92. The number of nitrogens with one attached hydrogen (secondary N) is 1. The summed E-state index contributed by atoms with van der Waals surface area (Å²) in [5.74, 6) is -0.000816. The first-order chi connectivity index (χ1) is 13.1. The predicted octanol–water partition coefficient (Wildman–Crippen LogP) is 2.68. The highest BCUT2D eigenvalue weighted by Gasteiger charge is 2.16. The summed E-state index contributed by atoms with van der Waals surface area (Å²) in [7, 11) is 0. The van der Waals surface area contributed by atoms with E-state index in [-0.39, 0.29) is 30.3 Å². The van der Waals surface area contributed by atoms with Crippen LogP contribution in [0.25, 0.3) is 10.2 Å². The molecule has 0 bridgehead atoms. The van der Waals surface area contributed by atoms with E-state index in [1.165, 1.54) is 11.0 Å². The SMILES string of the molecule is O=CCN(CCc1ccc(O)c2[nH]c(=O)sc12)C(=O)OCc1ccccc1. The molecule has 0 unspecified atom stereocenters. The monoisotopic (exact) mass is 386 g/mol. The van der Waals surface area contributed by atoms with Crippen LogP contribution in [0.2, 0.25) is 0 Å². The molecule has 27 heavy (non-hydrogen) atoms. The van der Waals surface area contributed by atoms with Gasteiger partial charge in [0.05, 0.1) is 11.2 Å². The molecule has 1 aromatic heterocycles. The molecule has 0 saturated carbocycles. The van der Waals surface area contributed by atoms with Gasteiger partial charge in [-0.05, 0) is 23.6 Å². The summed E-state index contributed by atoms with van der Waals surface area (Å²) >= 11 is 0.999. The normalized spacial score (nSPS) is 10.7. The lowest BCUT2D eigenvalue weighted by molar-refractivity contribution is -0.108. The van der Waals surface area contributed by atoms with Gasteiger partial charge in [-0.25, -0.2) is 4.79 Å². The van der Waals surface area contributed by atoms with Crippen LogP contribution in [0.5, 0.6) is 5.75 Å². The highest BCUT2D eigenvalue weighted by atomic mass is 32.1. The van der Waals surface area contributed by atoms with Crippen molar-refractivity contribution >= 4 is 33.9 Å². The fourth-order valence-corrected chi connectivity index (χ4v) is 3.58. The molecule has 3 rings (SSSR count). The third kappa shape index (κ3) is 4.53. The lowest BCUT2D eigenvalue weighted by atomic mass is 10.1. The highest BCUT2D eigenvalue weighted by molar-refractivity contribution is 7.16. The molecule has 1 amide bonds. The van der Waals surface area contributed by atoms with Crippen LogP contribution in [0, 0.1) is 0 Å². The summed E-state index contributed by atoms with van der Waals surface area (Å²) in [6.07, 6.45) is 0.479. The van der Waals surface area contributed by atoms with Crippen LogP contribution in [-0.2, 0) is 22.6 Å². The zero-order valence-electron chi connectivity index (χ0n) is 14.4. The van der Waals surface area contributed by atoms with E-state index in [2.05, 4.69) is 4.98 Å². The quantitative estimate of drug-likeness (QED) is 0.608. The second-order valence-corrected chi connectivity index (χ2v) is 6.85. The Bertz CT molecular complexity index is 996. The van der Waals surface area contributed by atoms with Crippen LogP contribution in [0.4, 0.5) is 4.79 Å². The Morgan fingerprint density at radius 1 is 1.22 bits per heavy atom. The van der Waals surface area contributed by atoms with Crippen molar-refractivity contribution in [3.63, 3.8) is 0 Å². The number of H-pyrrole nitrogens is 1. The standard InChI is InChI=1S/C19H18N2O5S/c22-11-10-21(19(25)26-12-13-4-2-1-3-5-13)9-8-14-6-7-15(23)16-17(14)27-18(24)20-16/h1-7,11,23H,8-10,12H2,(H,20,24). The van der Waals surface area contributed by atoms with Gasteiger partial charge in [-0.1, -0.05) is 47.7 Å². The summed E-state index contributed by atoms with van der Waals surface area (Å²) in [6, 6.07) is 12.5. The number of aromatic amines is 1. The first-order valence-electron chi connectivity index (χ1n) is 8.31. The minimum Gasteiger partial charge on any atom is -0.506 e. The molecular formula is C19H18N2O5S. The van der Waals surface area contributed by atoms with Gasteiger partial charge in [-0.3, -0.25) is 4.79 Å². The molecule has 0 saturated heterocycles. The molecule has 8 heteroatoms. The van der Waals surface area contributed by atoms with E-state index < -0.39 is 6.09 Å². The zero-order valence-corrected chi connectivity index (χ0v) is 15.2. The molecule has 7 nitrogen and oxygen atoms in total. The molecule has 0 aliphatic carbocycles. The van der Waals surface area contributed by atoms with Gasteiger partial charge in [0, 0.05) is 6.54 Å². The van der Waals surface area contributed by atoms with Crippen molar-refractivity contribution in [2.45, 2.75) is 13.0 Å². The zero-order chi connectivity index (χ0) is 19.2. The Kier molecular flexibility index (Phi) is 5.87. The van der Waals surface area contributed by atoms with E-state index >= 15 is 0 Å². The molecule has 1 heterocycles. The van der Waals surface area contributed by atoms with Crippen molar-refractivity contribution in [3.8, 4) is 5.75 Å². The third-order valence-electron chi connectivity index (χ3n) is 4.05. The largest absolute Gasteiger partial charge is 0.506 e. The lowest BCUT2D eigenvalue weighted by Gasteiger charge is -2.20. The number of phenolic OH excluding ortho intramolecular Hbond substituents is 1. The molecule has 2 aromatic carbocycles. The third-order valence-corrected chi connectivity index (χ3v) is 5.01. The Labute approximate surface area is 158 Å². The van der Waals surface area contributed by atoms with E-state index in [1.54, 1.807) is 6.07 Å². The number of nitrogens with zero attached hydrogens (tertiary/aromatic N) is 1. The van der Waals surface area contributed by atoms with Crippen LogP contribution in [0.3, 0.4) is 0 Å². The average Bonchev–Trinajstić information content (AvgIpc) is 3.08. The van der Waals surface area contributed by atoms with Crippen molar-refractivity contribution in [2.75, 3.05) is 13.1 Å². The first kappa shape index (κ1) is 18.7. The van der Waals surface area contributed by atoms with Crippen LogP contribution >= 0.6 is 11.3 Å². The molecule has 3 aromatic rings. The Morgan fingerprint density at radius 2 is 2.00 bits per heavy atom. The summed E-state index contributed by atoms with van der Waals surface area (Å²) in [5, 5.41) is 9.84. The number of rotatable bonds is 7. The van der Waals surface area contributed by atoms with Crippen LogP contribution in [-0.4, -0.2) is 40.5 Å². The molecule has 0 radical (unpaired) electrons. The lowest BCUT2D eigenvalue weighted by Crippen LogP contribution is -2.34. The van der Waals surface area contributed by atoms with Crippen molar-refractivity contribution in [1.82, 2.24) is 9.88 Å². The molecule has 140 valence electrons. The van der Waals surface area contributed by atoms with Gasteiger partial charge in [0.15, 0.2) is 0 Å². The van der Waals surface area contributed by atoms with Crippen LogP contribution < -0.4 is 4.87 Å². The van der Waals surface area contributed by atoms with Gasteiger partial charge in [0.25, 0.3) is 0 Å². The summed E-state index contributed by atoms with van der Waals surface area (Å²) in [5.41, 5.74) is 2.04. The number of aromatic hydroxyl groups is 1. The number of carbonyl (C=O) groups excluding carboxylic acids is 2. The van der Waals surface area contributed by atoms with E-state index in [0.29, 0.717) is 22.9 Å². The number of phenols is 1. The molecule has 0 atom stereocenters. The number of thiazole rings is 1. The second-order valence-electron chi connectivity index (χ2n) is 5.87. The predicted molar refractivity (Wildman–Crippen MR) is 102 cm³/mol. The number of hydrogen-bond donors (Lipinski definition) is 2. The fourth-order valence-electron chi connectivity index (χ4n) is 2.68. The number of ether oxygens (including phenoxy) is 1. The summed E-state index contributed by atoms with van der Waals surface area (Å²) in [6.45, 7) is 0.286. The minimum atomic E-state index is -0.580. The van der Waals surface area contributed by atoms with Gasteiger partial charge >= 0.3 is 11.0 Å². The number of aldehydes is 1. The Hall–Kier alpha value is -3.13. The van der Waals surface area contributed by atoms with E-state index in [1.807, 2.05) is 30.3 Å². The minimum absolute atomic E-state index is 0.000816. The van der Waals surface area contributed by atoms with Gasteiger partial charge in [0.1, 0.15) is 24.2 Å². The van der Waals surface area contributed by atoms with Crippen molar-refractivity contribution in [1.29, 1.82) is 0 Å². The Balaban J connectivity index is 1.68. The van der Waals surface area contributed by atoms with Crippen molar-refractivity contribution < 1.29 is 19.4 Å². The topological polar surface area (TPSA) is 99.7 Å². The maximum absolute atomic E-state index is 12.3. The molecule has 0 aliphatic rings. The number of carbonyl (C=O) groups is 2. The molecule has 0 fully saturated rings. The number of fused-ring (bicyclic) bond motifs is 1.